The van der Waals surface area contributed by atoms with E-state index in [1.54, 1.807) is 0 Å². The standard InChI is InChI=1S/C12H24N2.C2H6/c1-10(2)14-8-4-6-11-5-3-7-13-9-12(11)14;1-2/h10-13H,3-9H2,1-2H3;1-2H3. The normalized spacial score (nSPS) is 31.3. The van der Waals surface area contributed by atoms with Crippen LogP contribution in [0.25, 0.3) is 0 Å². The Bertz CT molecular complexity index is 180. The second-order valence-electron chi connectivity index (χ2n) is 5.15. The summed E-state index contributed by atoms with van der Waals surface area (Å²) < 4.78 is 0. The van der Waals surface area contributed by atoms with Gasteiger partial charge in [0.05, 0.1) is 0 Å². The Kier molecular flexibility index (Phi) is 6.37. The quantitative estimate of drug-likeness (QED) is 0.739. The molecule has 0 aromatic carbocycles. The van der Waals surface area contributed by atoms with Crippen molar-refractivity contribution in [2.24, 2.45) is 5.92 Å². The molecule has 16 heavy (non-hydrogen) atoms. The van der Waals surface area contributed by atoms with E-state index in [9.17, 15) is 0 Å². The van der Waals surface area contributed by atoms with Gasteiger partial charge in [-0.25, -0.2) is 0 Å². The summed E-state index contributed by atoms with van der Waals surface area (Å²) in [4.78, 5) is 2.71. The number of rotatable bonds is 1. The molecule has 0 amide bonds. The van der Waals surface area contributed by atoms with Crippen LogP contribution in [0.4, 0.5) is 0 Å². The van der Waals surface area contributed by atoms with Crippen molar-refractivity contribution in [1.29, 1.82) is 0 Å². The van der Waals surface area contributed by atoms with Gasteiger partial charge in [0.1, 0.15) is 0 Å². The molecule has 2 heteroatoms. The second kappa shape index (κ2) is 7.29. The van der Waals surface area contributed by atoms with Crippen LogP contribution >= 0.6 is 0 Å². The first-order valence-corrected chi connectivity index (χ1v) is 7.25. The number of nitrogens with one attached hydrogen (secondary N) is 1. The van der Waals surface area contributed by atoms with Gasteiger partial charge >= 0.3 is 0 Å². The van der Waals surface area contributed by atoms with Gasteiger partial charge in [0.25, 0.3) is 0 Å². The Morgan fingerprint density at radius 3 is 2.50 bits per heavy atom. The van der Waals surface area contributed by atoms with Crippen molar-refractivity contribution in [2.75, 3.05) is 19.6 Å². The second-order valence-corrected chi connectivity index (χ2v) is 5.15. The maximum atomic E-state index is 3.59. The zero-order chi connectivity index (χ0) is 12.0. The summed E-state index contributed by atoms with van der Waals surface area (Å²) in [6.07, 6.45) is 5.71. The van der Waals surface area contributed by atoms with Crippen molar-refractivity contribution in [3.8, 4) is 0 Å². The highest BCUT2D eigenvalue weighted by molar-refractivity contribution is 4.89. The highest BCUT2D eigenvalue weighted by Gasteiger charge is 2.32. The minimum Gasteiger partial charge on any atom is -0.315 e. The molecule has 2 saturated heterocycles. The summed E-state index contributed by atoms with van der Waals surface area (Å²) in [5, 5.41) is 3.59. The monoisotopic (exact) mass is 226 g/mol. The zero-order valence-electron chi connectivity index (χ0n) is 11.6. The maximum absolute atomic E-state index is 3.59. The molecule has 0 aromatic heterocycles. The molecular formula is C14H30N2. The molecule has 2 aliphatic heterocycles. The number of hydrogen-bond acceptors (Lipinski definition) is 2. The van der Waals surface area contributed by atoms with Gasteiger partial charge < -0.3 is 5.32 Å². The van der Waals surface area contributed by atoms with E-state index in [-0.39, 0.29) is 0 Å². The van der Waals surface area contributed by atoms with Gasteiger partial charge in [-0.1, -0.05) is 13.8 Å². The van der Waals surface area contributed by atoms with E-state index in [1.165, 1.54) is 45.3 Å². The van der Waals surface area contributed by atoms with Crippen molar-refractivity contribution < 1.29 is 0 Å². The molecule has 0 aliphatic carbocycles. The first-order chi connectivity index (χ1) is 7.79. The summed E-state index contributed by atoms with van der Waals surface area (Å²) in [6, 6.07) is 1.55. The average Bonchev–Trinajstić information content (AvgIpc) is 2.55. The topological polar surface area (TPSA) is 15.3 Å². The predicted octanol–water partition coefficient (Wildman–Crippen LogP) is 2.89. The van der Waals surface area contributed by atoms with Gasteiger partial charge in [-0.3, -0.25) is 4.90 Å². The largest absolute Gasteiger partial charge is 0.315 e. The van der Waals surface area contributed by atoms with E-state index in [0.29, 0.717) is 0 Å². The molecule has 0 spiro atoms. The molecule has 0 radical (unpaired) electrons. The molecular weight excluding hydrogens is 196 g/mol. The molecule has 2 rings (SSSR count). The Morgan fingerprint density at radius 1 is 1.12 bits per heavy atom. The molecule has 0 bridgehead atoms. The van der Waals surface area contributed by atoms with Crippen LogP contribution in [0.3, 0.4) is 0 Å². The Hall–Kier alpha value is -0.0800. The minimum atomic E-state index is 0.725. The summed E-state index contributed by atoms with van der Waals surface area (Å²) in [7, 11) is 0. The maximum Gasteiger partial charge on any atom is 0.0251 e. The Balaban J connectivity index is 0.000000606. The van der Waals surface area contributed by atoms with E-state index in [0.717, 1.165) is 18.0 Å². The molecule has 1 N–H and O–H groups in total. The lowest BCUT2D eigenvalue weighted by Crippen LogP contribution is -2.51. The first kappa shape index (κ1) is 14.0. The Labute approximate surface area is 102 Å². The number of piperidine rings is 1. The lowest BCUT2D eigenvalue weighted by molar-refractivity contribution is 0.0663. The number of fused-ring (bicyclic) bond motifs is 1. The van der Waals surface area contributed by atoms with Gasteiger partial charge in [0, 0.05) is 18.6 Å². The van der Waals surface area contributed by atoms with Crippen LogP contribution in [-0.2, 0) is 0 Å². The van der Waals surface area contributed by atoms with Crippen molar-refractivity contribution >= 4 is 0 Å². The van der Waals surface area contributed by atoms with Crippen LogP contribution in [0.5, 0.6) is 0 Å². The number of hydrogen-bond donors (Lipinski definition) is 1. The fourth-order valence-electron chi connectivity index (χ4n) is 3.17. The fourth-order valence-corrected chi connectivity index (χ4v) is 3.17. The van der Waals surface area contributed by atoms with Crippen molar-refractivity contribution in [3.05, 3.63) is 0 Å². The van der Waals surface area contributed by atoms with Crippen LogP contribution in [-0.4, -0.2) is 36.6 Å². The summed E-state index contributed by atoms with van der Waals surface area (Å²) in [5.74, 6) is 0.973. The lowest BCUT2D eigenvalue weighted by atomic mass is 9.85. The van der Waals surface area contributed by atoms with E-state index >= 15 is 0 Å². The third-order valence-electron chi connectivity index (χ3n) is 3.91. The predicted molar refractivity (Wildman–Crippen MR) is 71.8 cm³/mol. The van der Waals surface area contributed by atoms with Crippen LogP contribution < -0.4 is 5.32 Å². The van der Waals surface area contributed by atoms with Crippen LogP contribution in [0.2, 0.25) is 0 Å². The van der Waals surface area contributed by atoms with Crippen molar-refractivity contribution in [2.45, 2.75) is 65.5 Å². The fraction of sp³-hybridized carbons (Fsp3) is 1.00. The third kappa shape index (κ3) is 3.46. The highest BCUT2D eigenvalue weighted by atomic mass is 15.2. The molecule has 96 valence electrons. The van der Waals surface area contributed by atoms with Crippen molar-refractivity contribution in [1.82, 2.24) is 10.2 Å². The van der Waals surface area contributed by atoms with Crippen LogP contribution in [0.1, 0.15) is 53.4 Å². The van der Waals surface area contributed by atoms with Gasteiger partial charge in [-0.05, 0) is 58.5 Å². The SMILES string of the molecule is CC.CC(C)N1CCCC2CCCNCC21. The molecule has 2 atom stereocenters. The Morgan fingerprint density at radius 2 is 1.81 bits per heavy atom. The summed E-state index contributed by atoms with van der Waals surface area (Å²) in [5.41, 5.74) is 0. The van der Waals surface area contributed by atoms with E-state index in [2.05, 4.69) is 24.1 Å². The molecule has 2 nitrogen and oxygen atoms in total. The van der Waals surface area contributed by atoms with E-state index < -0.39 is 0 Å². The minimum absolute atomic E-state index is 0.725. The van der Waals surface area contributed by atoms with Gasteiger partial charge in [0.2, 0.25) is 0 Å². The lowest BCUT2D eigenvalue weighted by Gasteiger charge is -2.43. The number of likely N-dealkylation sites (tertiary alicyclic amines) is 1. The molecule has 2 heterocycles. The van der Waals surface area contributed by atoms with Gasteiger partial charge in [0.15, 0.2) is 0 Å². The van der Waals surface area contributed by atoms with Crippen LogP contribution in [0.15, 0.2) is 0 Å². The molecule has 2 fully saturated rings. The van der Waals surface area contributed by atoms with E-state index in [4.69, 9.17) is 0 Å². The third-order valence-corrected chi connectivity index (χ3v) is 3.91. The average molecular weight is 226 g/mol. The van der Waals surface area contributed by atoms with Gasteiger partial charge in [-0.15, -0.1) is 0 Å². The molecule has 2 aliphatic rings. The summed E-state index contributed by atoms with van der Waals surface area (Å²) in [6.45, 7) is 12.5. The molecule has 2 unspecified atom stereocenters. The number of nitrogens with zero attached hydrogens (tertiary/aromatic N) is 1. The van der Waals surface area contributed by atoms with Gasteiger partial charge in [-0.2, -0.15) is 0 Å². The van der Waals surface area contributed by atoms with E-state index in [1.807, 2.05) is 13.8 Å². The zero-order valence-corrected chi connectivity index (χ0v) is 11.6. The smallest absolute Gasteiger partial charge is 0.0251 e. The molecule has 0 aromatic rings. The van der Waals surface area contributed by atoms with Crippen LogP contribution in [0, 0.1) is 5.92 Å². The molecule has 0 saturated carbocycles. The van der Waals surface area contributed by atoms with Crippen molar-refractivity contribution in [3.63, 3.8) is 0 Å². The first-order valence-electron chi connectivity index (χ1n) is 7.25. The summed E-state index contributed by atoms with van der Waals surface area (Å²) >= 11 is 0. The highest BCUT2D eigenvalue weighted by Crippen LogP contribution is 2.29.